The second-order valence-electron chi connectivity index (χ2n) is 4.44. The van der Waals surface area contributed by atoms with Crippen molar-refractivity contribution in [1.82, 2.24) is 19.7 Å². The van der Waals surface area contributed by atoms with Crippen LogP contribution in [0, 0.1) is 13.8 Å². The number of imidazole rings is 1. The predicted molar refractivity (Wildman–Crippen MR) is 78.5 cm³/mol. The van der Waals surface area contributed by atoms with Crippen molar-refractivity contribution in [1.29, 1.82) is 0 Å². The van der Waals surface area contributed by atoms with Gasteiger partial charge in [-0.05, 0) is 25.8 Å². The van der Waals surface area contributed by atoms with Gasteiger partial charge < -0.3 is 5.73 Å². The summed E-state index contributed by atoms with van der Waals surface area (Å²) in [5.41, 5.74) is 8.42. The van der Waals surface area contributed by atoms with Crippen molar-refractivity contribution >= 4 is 17.2 Å². The minimum Gasteiger partial charge on any atom is -0.389 e. The van der Waals surface area contributed by atoms with Gasteiger partial charge in [0.25, 0.3) is 0 Å². The van der Waals surface area contributed by atoms with Gasteiger partial charge >= 0.3 is 0 Å². The molecule has 2 heterocycles. The van der Waals surface area contributed by atoms with Gasteiger partial charge in [0, 0.05) is 18.8 Å². The van der Waals surface area contributed by atoms with Gasteiger partial charge in [-0.1, -0.05) is 19.1 Å². The van der Waals surface area contributed by atoms with E-state index < -0.39 is 0 Å². The molecule has 0 spiro atoms. The first-order valence-electron chi connectivity index (χ1n) is 6.22. The number of thiocarbonyl (C=S) groups is 1. The highest BCUT2D eigenvalue weighted by molar-refractivity contribution is 7.80. The van der Waals surface area contributed by atoms with E-state index in [2.05, 4.69) is 22.1 Å². The molecule has 0 fully saturated rings. The molecule has 2 rings (SSSR count). The molecule has 2 aromatic rings. The molecule has 6 heteroatoms. The number of aromatic nitrogens is 4. The molecule has 0 unspecified atom stereocenters. The van der Waals surface area contributed by atoms with Crippen LogP contribution in [0.25, 0.3) is 5.82 Å². The molecule has 2 N–H and O–H groups in total. The first-order valence-corrected chi connectivity index (χ1v) is 6.63. The lowest BCUT2D eigenvalue weighted by molar-refractivity contribution is 0.779. The van der Waals surface area contributed by atoms with E-state index in [1.54, 1.807) is 6.20 Å². The average molecular weight is 275 g/mol. The van der Waals surface area contributed by atoms with Crippen LogP contribution in [-0.4, -0.2) is 24.7 Å². The molecular formula is C13H17N5S. The molecule has 0 aliphatic rings. The lowest BCUT2D eigenvalue weighted by Gasteiger charge is -2.13. The van der Waals surface area contributed by atoms with Gasteiger partial charge in [-0.2, -0.15) is 5.10 Å². The largest absolute Gasteiger partial charge is 0.389 e. The molecule has 100 valence electrons. The summed E-state index contributed by atoms with van der Waals surface area (Å²) < 4.78 is 1.91. The van der Waals surface area contributed by atoms with Crippen molar-refractivity contribution in [3.8, 4) is 5.82 Å². The molecule has 0 bridgehead atoms. The van der Waals surface area contributed by atoms with Gasteiger partial charge in [-0.15, -0.1) is 5.10 Å². The summed E-state index contributed by atoms with van der Waals surface area (Å²) in [5.74, 6) is 1.61. The summed E-state index contributed by atoms with van der Waals surface area (Å²) in [4.78, 5) is 4.68. The molecule has 2 aromatic heterocycles. The van der Waals surface area contributed by atoms with Crippen molar-refractivity contribution < 1.29 is 0 Å². The van der Waals surface area contributed by atoms with E-state index in [0.717, 1.165) is 35.5 Å². The van der Waals surface area contributed by atoms with Gasteiger partial charge in [0.1, 0.15) is 10.8 Å². The van der Waals surface area contributed by atoms with Crippen LogP contribution < -0.4 is 5.73 Å². The van der Waals surface area contributed by atoms with Crippen molar-refractivity contribution in [2.75, 3.05) is 0 Å². The van der Waals surface area contributed by atoms with E-state index in [-0.39, 0.29) is 0 Å². The van der Waals surface area contributed by atoms with Gasteiger partial charge in [0.05, 0.1) is 11.3 Å². The Morgan fingerprint density at radius 1 is 1.37 bits per heavy atom. The number of rotatable bonds is 4. The molecule has 5 nitrogen and oxygen atoms in total. The first-order chi connectivity index (χ1) is 9.06. The quantitative estimate of drug-likeness (QED) is 0.863. The lowest BCUT2D eigenvalue weighted by Crippen LogP contribution is -2.19. The predicted octanol–water partition coefficient (Wildman–Crippen LogP) is 1.87. The van der Waals surface area contributed by atoms with Crippen molar-refractivity contribution in [3.05, 3.63) is 35.0 Å². The maximum absolute atomic E-state index is 5.84. The average Bonchev–Trinajstić information content (AvgIpc) is 2.80. The number of hydrogen-bond donors (Lipinski definition) is 1. The number of aryl methyl sites for hydroxylation is 2. The maximum Gasteiger partial charge on any atom is 0.171 e. The van der Waals surface area contributed by atoms with Crippen LogP contribution in [0.1, 0.15) is 36.0 Å². The molecule has 0 radical (unpaired) electrons. The molecule has 0 atom stereocenters. The fourth-order valence-electron chi connectivity index (χ4n) is 2.00. The highest BCUT2D eigenvalue weighted by Gasteiger charge is 2.17. The summed E-state index contributed by atoms with van der Waals surface area (Å²) in [6, 6.07) is 0. The van der Waals surface area contributed by atoms with E-state index in [4.69, 9.17) is 18.0 Å². The standard InChI is InChI=1S/C13H17N5S/c1-4-5-10-15-6-7-18(10)13-11(12(14)19)8(2)9(3)16-17-13/h6-7H,4-5H2,1-3H3,(H2,14,19). The summed E-state index contributed by atoms with van der Waals surface area (Å²) in [6.45, 7) is 5.97. The normalized spacial score (nSPS) is 10.7. The zero-order chi connectivity index (χ0) is 14.0. The number of nitrogens with zero attached hydrogens (tertiary/aromatic N) is 4. The third-order valence-electron chi connectivity index (χ3n) is 3.10. The van der Waals surface area contributed by atoms with E-state index in [1.165, 1.54) is 0 Å². The van der Waals surface area contributed by atoms with Crippen LogP contribution in [0.5, 0.6) is 0 Å². The van der Waals surface area contributed by atoms with Crippen LogP contribution >= 0.6 is 12.2 Å². The molecular weight excluding hydrogens is 258 g/mol. The maximum atomic E-state index is 5.84. The molecule has 0 aromatic carbocycles. The molecule has 0 aliphatic carbocycles. The van der Waals surface area contributed by atoms with Crippen LogP contribution in [0.2, 0.25) is 0 Å². The van der Waals surface area contributed by atoms with Crippen molar-refractivity contribution in [3.63, 3.8) is 0 Å². The van der Waals surface area contributed by atoms with Crippen molar-refractivity contribution in [2.24, 2.45) is 5.73 Å². The van der Waals surface area contributed by atoms with Gasteiger partial charge in [0.15, 0.2) is 5.82 Å². The summed E-state index contributed by atoms with van der Waals surface area (Å²) in [7, 11) is 0. The Balaban J connectivity index is 2.65. The van der Waals surface area contributed by atoms with Crippen LogP contribution in [0.4, 0.5) is 0 Å². The monoisotopic (exact) mass is 275 g/mol. The second kappa shape index (κ2) is 5.44. The number of hydrogen-bond acceptors (Lipinski definition) is 4. The minimum atomic E-state index is 0.335. The molecule has 19 heavy (non-hydrogen) atoms. The van der Waals surface area contributed by atoms with E-state index >= 15 is 0 Å². The Bertz CT molecular complexity index is 617. The minimum absolute atomic E-state index is 0.335. The Kier molecular flexibility index (Phi) is 3.90. The van der Waals surface area contributed by atoms with E-state index in [9.17, 15) is 0 Å². The Morgan fingerprint density at radius 3 is 2.74 bits per heavy atom. The topological polar surface area (TPSA) is 69.6 Å². The SMILES string of the molecule is CCCc1nccn1-c1nnc(C)c(C)c1C(N)=S. The first kappa shape index (κ1) is 13.6. The van der Waals surface area contributed by atoms with Crippen LogP contribution in [-0.2, 0) is 6.42 Å². The van der Waals surface area contributed by atoms with Gasteiger partial charge in [0.2, 0.25) is 0 Å². The highest BCUT2D eigenvalue weighted by atomic mass is 32.1. The lowest BCUT2D eigenvalue weighted by atomic mass is 10.1. The smallest absolute Gasteiger partial charge is 0.171 e. The Labute approximate surface area is 117 Å². The summed E-state index contributed by atoms with van der Waals surface area (Å²) in [6.07, 6.45) is 5.51. The second-order valence-corrected chi connectivity index (χ2v) is 4.88. The molecule has 0 saturated carbocycles. The third kappa shape index (κ3) is 2.49. The summed E-state index contributed by atoms with van der Waals surface area (Å²) in [5, 5.41) is 8.42. The molecule has 0 amide bonds. The van der Waals surface area contributed by atoms with Crippen LogP contribution in [0.3, 0.4) is 0 Å². The molecule has 0 aliphatic heterocycles. The van der Waals surface area contributed by atoms with E-state index in [0.29, 0.717) is 10.8 Å². The van der Waals surface area contributed by atoms with Gasteiger partial charge in [-0.25, -0.2) is 4.98 Å². The highest BCUT2D eigenvalue weighted by Crippen LogP contribution is 2.19. The summed E-state index contributed by atoms with van der Waals surface area (Å²) >= 11 is 5.15. The molecule has 0 saturated heterocycles. The fraction of sp³-hybridized carbons (Fsp3) is 0.385. The van der Waals surface area contributed by atoms with Crippen LogP contribution in [0.15, 0.2) is 12.4 Å². The van der Waals surface area contributed by atoms with Crippen molar-refractivity contribution in [2.45, 2.75) is 33.6 Å². The fourth-order valence-corrected chi connectivity index (χ4v) is 2.24. The zero-order valence-electron chi connectivity index (χ0n) is 11.3. The zero-order valence-corrected chi connectivity index (χ0v) is 12.2. The Morgan fingerprint density at radius 2 is 2.11 bits per heavy atom. The van der Waals surface area contributed by atoms with E-state index in [1.807, 2.05) is 24.6 Å². The van der Waals surface area contributed by atoms with Gasteiger partial charge in [-0.3, -0.25) is 4.57 Å². The number of nitrogens with two attached hydrogens (primary N) is 1. The Hall–Kier alpha value is -1.82. The third-order valence-corrected chi connectivity index (χ3v) is 3.31.